The third kappa shape index (κ3) is 2.63. The van der Waals surface area contributed by atoms with Crippen LogP contribution in [0.2, 0.25) is 0 Å². The molecule has 5 heteroatoms. The maximum atomic E-state index is 5.62. The molecule has 2 aliphatic heterocycles. The number of rotatable bonds is 2. The van der Waals surface area contributed by atoms with Crippen molar-refractivity contribution in [1.82, 2.24) is 4.90 Å². The third-order valence-corrected chi connectivity index (χ3v) is 3.95. The Hall–Kier alpha value is -0.780. The predicted molar refractivity (Wildman–Crippen MR) is 71.2 cm³/mol. The SMILES string of the molecule is Brc1cc2c(cc1CN1CCOCC1)OCCO2. The van der Waals surface area contributed by atoms with Crippen molar-refractivity contribution < 1.29 is 14.2 Å². The van der Waals surface area contributed by atoms with Crippen molar-refractivity contribution in [3.05, 3.63) is 22.2 Å². The molecule has 1 fully saturated rings. The summed E-state index contributed by atoms with van der Waals surface area (Å²) in [7, 11) is 0. The van der Waals surface area contributed by atoms with E-state index in [1.165, 1.54) is 5.56 Å². The van der Waals surface area contributed by atoms with Crippen LogP contribution in [0.5, 0.6) is 11.5 Å². The van der Waals surface area contributed by atoms with E-state index in [2.05, 4.69) is 26.9 Å². The summed E-state index contributed by atoms with van der Waals surface area (Å²) in [6.07, 6.45) is 0. The van der Waals surface area contributed by atoms with Crippen LogP contribution in [0.1, 0.15) is 5.56 Å². The summed E-state index contributed by atoms with van der Waals surface area (Å²) < 4.78 is 17.6. The van der Waals surface area contributed by atoms with Gasteiger partial charge in [-0.25, -0.2) is 0 Å². The largest absolute Gasteiger partial charge is 0.486 e. The van der Waals surface area contributed by atoms with E-state index >= 15 is 0 Å². The number of fused-ring (bicyclic) bond motifs is 1. The minimum atomic E-state index is 0.627. The number of morpholine rings is 1. The van der Waals surface area contributed by atoms with Crippen LogP contribution >= 0.6 is 15.9 Å². The fourth-order valence-electron chi connectivity index (χ4n) is 2.23. The first-order chi connectivity index (χ1) is 8.83. The highest BCUT2D eigenvalue weighted by atomic mass is 79.9. The molecule has 0 N–H and O–H groups in total. The lowest BCUT2D eigenvalue weighted by Crippen LogP contribution is -2.35. The molecule has 0 bridgehead atoms. The summed E-state index contributed by atoms with van der Waals surface area (Å²) in [4.78, 5) is 2.39. The van der Waals surface area contributed by atoms with Crippen LogP contribution in [0.3, 0.4) is 0 Å². The summed E-state index contributed by atoms with van der Waals surface area (Å²) in [5.41, 5.74) is 1.24. The molecule has 0 saturated carbocycles. The number of benzene rings is 1. The number of ether oxygens (including phenoxy) is 3. The quantitative estimate of drug-likeness (QED) is 0.836. The van der Waals surface area contributed by atoms with Gasteiger partial charge < -0.3 is 14.2 Å². The Morgan fingerprint density at radius 2 is 1.67 bits per heavy atom. The third-order valence-electron chi connectivity index (χ3n) is 3.21. The van der Waals surface area contributed by atoms with E-state index in [-0.39, 0.29) is 0 Å². The molecule has 98 valence electrons. The summed E-state index contributed by atoms with van der Waals surface area (Å²) in [6.45, 7) is 5.79. The Morgan fingerprint density at radius 3 is 2.39 bits per heavy atom. The number of hydrogen-bond donors (Lipinski definition) is 0. The van der Waals surface area contributed by atoms with Crippen LogP contribution < -0.4 is 9.47 Å². The highest BCUT2D eigenvalue weighted by molar-refractivity contribution is 9.10. The van der Waals surface area contributed by atoms with Gasteiger partial charge in [-0.2, -0.15) is 0 Å². The molecular formula is C13H16BrNO3. The molecule has 0 amide bonds. The Balaban J connectivity index is 1.78. The molecule has 18 heavy (non-hydrogen) atoms. The lowest BCUT2D eigenvalue weighted by molar-refractivity contribution is 0.0340. The molecule has 4 nitrogen and oxygen atoms in total. The fourth-order valence-corrected chi connectivity index (χ4v) is 2.68. The van der Waals surface area contributed by atoms with Crippen LogP contribution in [0.4, 0.5) is 0 Å². The van der Waals surface area contributed by atoms with Gasteiger partial charge in [0.1, 0.15) is 13.2 Å². The molecular weight excluding hydrogens is 298 g/mol. The maximum absolute atomic E-state index is 5.62. The topological polar surface area (TPSA) is 30.9 Å². The molecule has 2 aliphatic rings. The van der Waals surface area contributed by atoms with Crippen molar-refractivity contribution in [1.29, 1.82) is 0 Å². The van der Waals surface area contributed by atoms with E-state index < -0.39 is 0 Å². The van der Waals surface area contributed by atoms with Crippen LogP contribution in [0, 0.1) is 0 Å². The first kappa shape index (κ1) is 12.3. The van der Waals surface area contributed by atoms with Gasteiger partial charge in [0, 0.05) is 24.1 Å². The molecule has 1 saturated heterocycles. The van der Waals surface area contributed by atoms with Crippen molar-refractivity contribution >= 4 is 15.9 Å². The van der Waals surface area contributed by atoms with Crippen molar-refractivity contribution in [3.63, 3.8) is 0 Å². The molecule has 1 aromatic carbocycles. The highest BCUT2D eigenvalue weighted by Gasteiger charge is 2.17. The lowest BCUT2D eigenvalue weighted by atomic mass is 10.1. The van der Waals surface area contributed by atoms with Gasteiger partial charge in [-0.3, -0.25) is 4.90 Å². The monoisotopic (exact) mass is 313 g/mol. The summed E-state index contributed by atoms with van der Waals surface area (Å²) in [6, 6.07) is 4.08. The lowest BCUT2D eigenvalue weighted by Gasteiger charge is -2.27. The van der Waals surface area contributed by atoms with Gasteiger partial charge in [-0.15, -0.1) is 0 Å². The van der Waals surface area contributed by atoms with E-state index in [0.29, 0.717) is 13.2 Å². The van der Waals surface area contributed by atoms with Gasteiger partial charge in [0.2, 0.25) is 0 Å². The molecule has 0 radical (unpaired) electrons. The van der Waals surface area contributed by atoms with Crippen LogP contribution in [0.15, 0.2) is 16.6 Å². The number of halogens is 1. The molecule has 1 aromatic rings. The van der Waals surface area contributed by atoms with Gasteiger partial charge in [0.15, 0.2) is 11.5 Å². The Labute approximate surface area is 115 Å². The Morgan fingerprint density at radius 1 is 1.00 bits per heavy atom. The molecule has 0 aromatic heterocycles. The molecule has 0 unspecified atom stereocenters. The van der Waals surface area contributed by atoms with E-state index in [9.17, 15) is 0 Å². The summed E-state index contributed by atoms with van der Waals surface area (Å²) in [5, 5.41) is 0. The van der Waals surface area contributed by atoms with Gasteiger partial charge >= 0.3 is 0 Å². The molecule has 0 atom stereocenters. The van der Waals surface area contributed by atoms with E-state index in [0.717, 1.165) is 48.8 Å². The first-order valence-electron chi connectivity index (χ1n) is 6.21. The van der Waals surface area contributed by atoms with Crippen LogP contribution in [-0.4, -0.2) is 44.4 Å². The van der Waals surface area contributed by atoms with Crippen molar-refractivity contribution in [3.8, 4) is 11.5 Å². The van der Waals surface area contributed by atoms with Gasteiger partial charge in [-0.1, -0.05) is 15.9 Å². The van der Waals surface area contributed by atoms with Crippen LogP contribution in [0.25, 0.3) is 0 Å². The Kier molecular flexibility index (Phi) is 3.72. The van der Waals surface area contributed by atoms with Crippen LogP contribution in [-0.2, 0) is 11.3 Å². The number of hydrogen-bond acceptors (Lipinski definition) is 4. The second-order valence-corrected chi connectivity index (χ2v) is 5.33. The van der Waals surface area contributed by atoms with E-state index in [1.807, 2.05) is 6.07 Å². The second-order valence-electron chi connectivity index (χ2n) is 4.48. The zero-order valence-electron chi connectivity index (χ0n) is 10.2. The smallest absolute Gasteiger partial charge is 0.162 e. The van der Waals surface area contributed by atoms with E-state index in [4.69, 9.17) is 14.2 Å². The standard InChI is InChI=1S/C13H16BrNO3/c14-11-8-13-12(17-5-6-18-13)7-10(11)9-15-1-3-16-4-2-15/h7-8H,1-6,9H2. The predicted octanol–water partition coefficient (Wildman–Crippen LogP) is 2.05. The fraction of sp³-hybridized carbons (Fsp3) is 0.538. The zero-order valence-corrected chi connectivity index (χ0v) is 11.7. The molecule has 2 heterocycles. The normalized spacial score (nSPS) is 19.8. The van der Waals surface area contributed by atoms with Crippen molar-refractivity contribution in [2.75, 3.05) is 39.5 Å². The first-order valence-corrected chi connectivity index (χ1v) is 7.00. The van der Waals surface area contributed by atoms with Crippen molar-refractivity contribution in [2.45, 2.75) is 6.54 Å². The number of nitrogens with zero attached hydrogens (tertiary/aromatic N) is 1. The molecule has 3 rings (SSSR count). The van der Waals surface area contributed by atoms with Crippen molar-refractivity contribution in [2.24, 2.45) is 0 Å². The minimum absolute atomic E-state index is 0.627. The average Bonchev–Trinajstić information content (AvgIpc) is 2.41. The van der Waals surface area contributed by atoms with Gasteiger partial charge in [-0.05, 0) is 17.7 Å². The minimum Gasteiger partial charge on any atom is -0.486 e. The Bertz CT molecular complexity index is 432. The average molecular weight is 314 g/mol. The molecule has 0 spiro atoms. The van der Waals surface area contributed by atoms with Gasteiger partial charge in [0.05, 0.1) is 13.2 Å². The molecule has 0 aliphatic carbocycles. The second kappa shape index (κ2) is 5.47. The highest BCUT2D eigenvalue weighted by Crippen LogP contribution is 2.36. The van der Waals surface area contributed by atoms with E-state index in [1.54, 1.807) is 0 Å². The summed E-state index contributed by atoms with van der Waals surface area (Å²) >= 11 is 3.61. The maximum Gasteiger partial charge on any atom is 0.162 e. The zero-order chi connectivity index (χ0) is 12.4. The van der Waals surface area contributed by atoms with Gasteiger partial charge in [0.25, 0.3) is 0 Å². The summed E-state index contributed by atoms with van der Waals surface area (Å²) in [5.74, 6) is 1.69.